The topological polar surface area (TPSA) is 123 Å². The Hall–Kier alpha value is -3.52. The van der Waals surface area contributed by atoms with Crippen molar-refractivity contribution in [1.29, 1.82) is 0 Å². The molecule has 0 spiro atoms. The van der Waals surface area contributed by atoms with Crippen LogP contribution >= 0.6 is 11.6 Å². The van der Waals surface area contributed by atoms with Gasteiger partial charge in [0.1, 0.15) is 5.82 Å². The molecule has 0 atom stereocenters. The normalized spacial score (nSPS) is 10.5. The van der Waals surface area contributed by atoms with Gasteiger partial charge in [-0.05, 0) is 42.0 Å². The fourth-order valence-electron chi connectivity index (χ4n) is 2.83. The number of carbonyl (C=O) groups excluding carboxylic acids is 1. The molecule has 0 radical (unpaired) electrons. The highest BCUT2D eigenvalue weighted by Crippen LogP contribution is 2.39. The zero-order chi connectivity index (χ0) is 21.7. The number of nitrogens with zero attached hydrogens (tertiary/aromatic N) is 2. The molecule has 1 heterocycles. The average Bonchev–Trinajstić information content (AvgIpc) is 2.74. The van der Waals surface area contributed by atoms with Crippen molar-refractivity contribution in [3.05, 3.63) is 64.3 Å². The van der Waals surface area contributed by atoms with Crippen LogP contribution in [0.4, 0.5) is 11.8 Å². The van der Waals surface area contributed by atoms with E-state index < -0.39 is 0 Å². The third-order valence-electron chi connectivity index (χ3n) is 4.35. The minimum atomic E-state index is -0.202. The van der Waals surface area contributed by atoms with Crippen molar-refractivity contribution in [1.82, 2.24) is 9.97 Å². The molecule has 8 nitrogen and oxygen atoms in total. The van der Waals surface area contributed by atoms with E-state index in [-0.39, 0.29) is 18.3 Å². The van der Waals surface area contributed by atoms with Crippen molar-refractivity contribution < 1.29 is 19.0 Å². The summed E-state index contributed by atoms with van der Waals surface area (Å²) in [5.41, 5.74) is 13.5. The van der Waals surface area contributed by atoms with Crippen LogP contribution in [0.15, 0.2) is 42.6 Å². The Bertz CT molecular complexity index is 1030. The summed E-state index contributed by atoms with van der Waals surface area (Å²) >= 11 is 5.86. The van der Waals surface area contributed by atoms with Gasteiger partial charge in [-0.15, -0.1) is 0 Å². The quantitative estimate of drug-likeness (QED) is 0.524. The first-order chi connectivity index (χ1) is 14.4. The number of Topliss-reactive ketones (excluding diaryl/α,β-unsaturated/α-hetero) is 1. The van der Waals surface area contributed by atoms with Crippen LogP contribution in [0.5, 0.6) is 17.2 Å². The van der Waals surface area contributed by atoms with E-state index in [0.717, 1.165) is 5.56 Å². The predicted octanol–water partition coefficient (Wildman–Crippen LogP) is 3.16. The van der Waals surface area contributed by atoms with Crippen molar-refractivity contribution in [3.63, 3.8) is 0 Å². The van der Waals surface area contributed by atoms with Crippen molar-refractivity contribution in [2.75, 3.05) is 32.3 Å². The van der Waals surface area contributed by atoms with Gasteiger partial charge in [0, 0.05) is 28.8 Å². The van der Waals surface area contributed by atoms with E-state index >= 15 is 0 Å². The first kappa shape index (κ1) is 21.2. The van der Waals surface area contributed by atoms with E-state index in [2.05, 4.69) is 9.97 Å². The van der Waals surface area contributed by atoms with E-state index in [1.54, 1.807) is 42.6 Å². The van der Waals surface area contributed by atoms with Crippen LogP contribution in [-0.2, 0) is 6.42 Å². The lowest BCUT2D eigenvalue weighted by atomic mass is 10.1. The molecule has 4 N–H and O–H groups in total. The number of ether oxygens (including phenoxy) is 3. The number of halogens is 1. The van der Waals surface area contributed by atoms with Gasteiger partial charge in [-0.3, -0.25) is 4.79 Å². The third kappa shape index (κ3) is 4.90. The molecule has 0 aliphatic carbocycles. The van der Waals surface area contributed by atoms with Crippen LogP contribution in [0.2, 0.25) is 5.02 Å². The number of methoxy groups -OCH3 is 2. The summed E-state index contributed by atoms with van der Waals surface area (Å²) in [5, 5.41) is 0.554. The van der Waals surface area contributed by atoms with Gasteiger partial charge < -0.3 is 25.7 Å². The Morgan fingerprint density at radius 2 is 1.70 bits per heavy atom. The van der Waals surface area contributed by atoms with Gasteiger partial charge >= 0.3 is 0 Å². The Kier molecular flexibility index (Phi) is 6.58. The molecule has 2 aromatic carbocycles. The standard InChI is InChI=1S/C21H21ClN4O4/c1-28-17-8-12(7-14-10-25-21(24)26-20(14)23)9-18(29-2)19(17)30-11-16(27)13-3-5-15(22)6-4-13/h3-6,8-10H,7,11H2,1-2H3,(H4,23,24,25,26). The van der Waals surface area contributed by atoms with E-state index in [9.17, 15) is 4.79 Å². The molecule has 0 amide bonds. The minimum absolute atomic E-state index is 0.112. The average molecular weight is 429 g/mol. The van der Waals surface area contributed by atoms with E-state index in [4.69, 9.17) is 37.3 Å². The molecule has 0 fully saturated rings. The van der Waals surface area contributed by atoms with Gasteiger partial charge in [0.2, 0.25) is 11.7 Å². The molecule has 0 unspecified atom stereocenters. The first-order valence-electron chi connectivity index (χ1n) is 8.94. The fourth-order valence-corrected chi connectivity index (χ4v) is 2.95. The van der Waals surface area contributed by atoms with E-state index in [1.807, 2.05) is 0 Å². The number of hydrogen-bond acceptors (Lipinski definition) is 8. The van der Waals surface area contributed by atoms with E-state index in [1.165, 1.54) is 14.2 Å². The molecule has 0 aliphatic rings. The number of hydrogen-bond donors (Lipinski definition) is 2. The summed E-state index contributed by atoms with van der Waals surface area (Å²) in [5.74, 6) is 1.38. The van der Waals surface area contributed by atoms with Crippen LogP contribution in [0.3, 0.4) is 0 Å². The number of anilines is 2. The Balaban J connectivity index is 1.82. The highest BCUT2D eigenvalue weighted by molar-refractivity contribution is 6.30. The summed E-state index contributed by atoms with van der Waals surface area (Å²) in [6.45, 7) is -0.188. The Morgan fingerprint density at radius 1 is 1.07 bits per heavy atom. The molecule has 0 saturated heterocycles. The number of nitrogen functional groups attached to an aromatic ring is 2. The second-order valence-electron chi connectivity index (χ2n) is 6.36. The molecule has 0 saturated carbocycles. The monoisotopic (exact) mass is 428 g/mol. The van der Waals surface area contributed by atoms with Gasteiger partial charge in [-0.25, -0.2) is 4.98 Å². The summed E-state index contributed by atoms with van der Waals surface area (Å²) in [7, 11) is 3.01. The lowest BCUT2D eigenvalue weighted by molar-refractivity contribution is 0.0917. The van der Waals surface area contributed by atoms with Crippen molar-refractivity contribution in [3.8, 4) is 17.2 Å². The Morgan fingerprint density at radius 3 is 2.27 bits per heavy atom. The molecule has 0 bridgehead atoms. The van der Waals surface area contributed by atoms with Crippen LogP contribution in [0, 0.1) is 0 Å². The van der Waals surface area contributed by atoms with Gasteiger partial charge in [0.15, 0.2) is 23.9 Å². The van der Waals surface area contributed by atoms with Crippen molar-refractivity contribution >= 4 is 29.2 Å². The molecule has 9 heteroatoms. The lowest BCUT2D eigenvalue weighted by Crippen LogP contribution is -2.12. The van der Waals surface area contributed by atoms with Gasteiger partial charge in [-0.1, -0.05) is 11.6 Å². The van der Waals surface area contributed by atoms with Crippen molar-refractivity contribution in [2.45, 2.75) is 6.42 Å². The van der Waals surface area contributed by atoms with Crippen LogP contribution < -0.4 is 25.7 Å². The maximum absolute atomic E-state index is 12.4. The van der Waals surface area contributed by atoms with Gasteiger partial charge in [-0.2, -0.15) is 4.98 Å². The van der Waals surface area contributed by atoms with Crippen LogP contribution in [0.25, 0.3) is 0 Å². The molecule has 30 heavy (non-hydrogen) atoms. The maximum atomic E-state index is 12.4. The highest BCUT2D eigenvalue weighted by Gasteiger charge is 2.17. The minimum Gasteiger partial charge on any atom is -0.493 e. The van der Waals surface area contributed by atoms with Gasteiger partial charge in [0.05, 0.1) is 14.2 Å². The van der Waals surface area contributed by atoms with E-state index in [0.29, 0.717) is 45.6 Å². The van der Waals surface area contributed by atoms with Crippen LogP contribution in [-0.4, -0.2) is 36.6 Å². The second-order valence-corrected chi connectivity index (χ2v) is 6.80. The zero-order valence-electron chi connectivity index (χ0n) is 16.5. The molecular formula is C21H21ClN4O4. The number of carbonyl (C=O) groups is 1. The smallest absolute Gasteiger partial charge is 0.221 e. The zero-order valence-corrected chi connectivity index (χ0v) is 17.3. The summed E-state index contributed by atoms with van der Waals surface area (Å²) < 4.78 is 16.6. The third-order valence-corrected chi connectivity index (χ3v) is 4.60. The highest BCUT2D eigenvalue weighted by atomic mass is 35.5. The largest absolute Gasteiger partial charge is 0.493 e. The number of rotatable bonds is 8. The molecule has 0 aliphatic heterocycles. The van der Waals surface area contributed by atoms with Crippen LogP contribution in [0.1, 0.15) is 21.5 Å². The molecule has 3 rings (SSSR count). The summed E-state index contributed by atoms with van der Waals surface area (Å²) in [6.07, 6.45) is 2.01. The second kappa shape index (κ2) is 9.32. The number of ketones is 1. The number of aromatic nitrogens is 2. The molecule has 156 valence electrons. The molecular weight excluding hydrogens is 408 g/mol. The molecule has 3 aromatic rings. The maximum Gasteiger partial charge on any atom is 0.221 e. The fraction of sp³-hybridized carbons (Fsp3) is 0.190. The predicted molar refractivity (Wildman–Crippen MR) is 114 cm³/mol. The number of benzene rings is 2. The number of nitrogens with two attached hydrogens (primary N) is 2. The van der Waals surface area contributed by atoms with Crippen molar-refractivity contribution in [2.24, 2.45) is 0 Å². The molecule has 1 aromatic heterocycles. The first-order valence-corrected chi connectivity index (χ1v) is 9.32. The lowest BCUT2D eigenvalue weighted by Gasteiger charge is -2.16. The Labute approximate surface area is 178 Å². The summed E-state index contributed by atoms with van der Waals surface area (Å²) in [6, 6.07) is 10.1. The SMILES string of the molecule is COc1cc(Cc2cnc(N)nc2N)cc(OC)c1OCC(=O)c1ccc(Cl)cc1. The summed E-state index contributed by atoms with van der Waals surface area (Å²) in [4.78, 5) is 20.4. The van der Waals surface area contributed by atoms with Gasteiger partial charge in [0.25, 0.3) is 0 Å².